The zero-order valence-corrected chi connectivity index (χ0v) is 11.3. The van der Waals surface area contributed by atoms with Gasteiger partial charge in [0.05, 0.1) is 0 Å². The van der Waals surface area contributed by atoms with Gasteiger partial charge in [-0.3, -0.25) is 4.79 Å². The maximum absolute atomic E-state index is 12.8. The molecule has 1 fully saturated rings. The van der Waals surface area contributed by atoms with Crippen molar-refractivity contribution in [3.8, 4) is 0 Å². The van der Waals surface area contributed by atoms with Gasteiger partial charge in [-0.1, -0.05) is 26.7 Å². The number of hydrogen-bond donors (Lipinski definition) is 1. The van der Waals surface area contributed by atoms with Crippen LogP contribution in [0.4, 0.5) is 17.6 Å². The minimum atomic E-state index is -4.60. The predicted molar refractivity (Wildman–Crippen MR) is 64.3 cm³/mol. The summed E-state index contributed by atoms with van der Waals surface area (Å²) < 4.78 is 49.8. The molecule has 0 aromatic carbocycles. The van der Waals surface area contributed by atoms with Crippen LogP contribution in [0.25, 0.3) is 0 Å². The minimum Gasteiger partial charge on any atom is -0.350 e. The monoisotopic (exact) mass is 283 g/mol. The lowest BCUT2D eigenvalue weighted by Crippen LogP contribution is -2.48. The number of alkyl halides is 4. The molecule has 112 valence electrons. The summed E-state index contributed by atoms with van der Waals surface area (Å²) in [5, 5.41) is 2.02. The maximum Gasteiger partial charge on any atom is 0.383 e. The van der Waals surface area contributed by atoms with E-state index in [1.54, 1.807) is 0 Å². The van der Waals surface area contributed by atoms with Gasteiger partial charge in [-0.2, -0.15) is 8.78 Å². The second-order valence-corrected chi connectivity index (χ2v) is 5.91. The Bertz CT molecular complexity index is 312. The van der Waals surface area contributed by atoms with Crippen LogP contribution in [0.15, 0.2) is 0 Å². The van der Waals surface area contributed by atoms with E-state index in [0.29, 0.717) is 5.92 Å². The number of rotatable bonds is 6. The summed E-state index contributed by atoms with van der Waals surface area (Å²) in [5.74, 6) is -6.08. The van der Waals surface area contributed by atoms with Crippen molar-refractivity contribution in [3.63, 3.8) is 0 Å². The smallest absolute Gasteiger partial charge is 0.350 e. The van der Waals surface area contributed by atoms with E-state index in [9.17, 15) is 22.4 Å². The topological polar surface area (TPSA) is 29.1 Å². The van der Waals surface area contributed by atoms with Crippen LogP contribution in [0.5, 0.6) is 0 Å². The van der Waals surface area contributed by atoms with E-state index in [2.05, 4.69) is 0 Å². The van der Waals surface area contributed by atoms with E-state index in [-0.39, 0.29) is 12.0 Å². The van der Waals surface area contributed by atoms with Gasteiger partial charge in [0.1, 0.15) is 0 Å². The Morgan fingerprint density at radius 2 is 1.79 bits per heavy atom. The van der Waals surface area contributed by atoms with Crippen LogP contribution in [-0.2, 0) is 4.79 Å². The first-order valence-corrected chi connectivity index (χ1v) is 6.64. The van der Waals surface area contributed by atoms with Gasteiger partial charge in [-0.25, -0.2) is 8.78 Å². The van der Waals surface area contributed by atoms with Crippen LogP contribution in [0.1, 0.15) is 46.0 Å². The lowest BCUT2D eigenvalue weighted by atomic mass is 9.78. The highest BCUT2D eigenvalue weighted by Gasteiger charge is 2.49. The predicted octanol–water partition coefficient (Wildman–Crippen LogP) is 3.61. The molecule has 0 atom stereocenters. The summed E-state index contributed by atoms with van der Waals surface area (Å²) in [6.07, 6.45) is 0.546. The third kappa shape index (κ3) is 4.08. The van der Waals surface area contributed by atoms with Gasteiger partial charge >= 0.3 is 12.3 Å². The van der Waals surface area contributed by atoms with E-state index in [1.165, 1.54) is 0 Å². The molecule has 0 aliphatic heterocycles. The SMILES string of the molecule is CC(C)CC1(CNC(=O)C(F)(F)C(F)F)CCCC1. The molecule has 1 aliphatic rings. The average Bonchev–Trinajstić information content (AvgIpc) is 2.73. The molecular weight excluding hydrogens is 262 g/mol. The molecule has 0 heterocycles. The van der Waals surface area contributed by atoms with Crippen LogP contribution in [0.2, 0.25) is 0 Å². The summed E-state index contributed by atoms with van der Waals surface area (Å²) in [7, 11) is 0. The van der Waals surface area contributed by atoms with Crippen LogP contribution >= 0.6 is 0 Å². The number of hydrogen-bond acceptors (Lipinski definition) is 1. The summed E-state index contributed by atoms with van der Waals surface area (Å²) in [5.41, 5.74) is -0.206. The first-order valence-electron chi connectivity index (χ1n) is 6.64. The van der Waals surface area contributed by atoms with E-state index in [0.717, 1.165) is 32.1 Å². The number of amides is 1. The molecule has 2 nitrogen and oxygen atoms in total. The molecule has 0 spiro atoms. The van der Waals surface area contributed by atoms with Gasteiger partial charge in [0.15, 0.2) is 0 Å². The molecule has 0 aromatic heterocycles. The largest absolute Gasteiger partial charge is 0.383 e. The van der Waals surface area contributed by atoms with Crippen LogP contribution in [0, 0.1) is 11.3 Å². The van der Waals surface area contributed by atoms with Gasteiger partial charge in [-0.15, -0.1) is 0 Å². The quantitative estimate of drug-likeness (QED) is 0.741. The molecular formula is C13H21F4NO. The molecule has 1 aliphatic carbocycles. The highest BCUT2D eigenvalue weighted by Crippen LogP contribution is 2.42. The van der Waals surface area contributed by atoms with E-state index < -0.39 is 18.3 Å². The Morgan fingerprint density at radius 1 is 1.26 bits per heavy atom. The molecule has 1 N–H and O–H groups in total. The van der Waals surface area contributed by atoms with E-state index in [1.807, 2.05) is 19.2 Å². The van der Waals surface area contributed by atoms with E-state index in [4.69, 9.17) is 0 Å². The van der Waals surface area contributed by atoms with Crippen molar-refractivity contribution in [2.24, 2.45) is 11.3 Å². The van der Waals surface area contributed by atoms with Crippen molar-refractivity contribution in [2.75, 3.05) is 6.54 Å². The Morgan fingerprint density at radius 3 is 2.21 bits per heavy atom. The summed E-state index contributed by atoms with van der Waals surface area (Å²) in [6, 6.07) is 0. The van der Waals surface area contributed by atoms with Crippen molar-refractivity contribution >= 4 is 5.91 Å². The molecule has 0 unspecified atom stereocenters. The second-order valence-electron chi connectivity index (χ2n) is 5.91. The lowest BCUT2D eigenvalue weighted by Gasteiger charge is -2.31. The first kappa shape index (κ1) is 16.2. The Labute approximate surface area is 110 Å². The third-order valence-corrected chi connectivity index (χ3v) is 3.71. The van der Waals surface area contributed by atoms with Gasteiger partial charge in [0.2, 0.25) is 0 Å². The molecule has 0 radical (unpaired) electrons. The molecule has 1 saturated carbocycles. The standard InChI is InChI=1S/C13H21F4NO/c1-9(2)7-12(5-3-4-6-12)8-18-11(19)13(16,17)10(14)15/h9-10H,3-8H2,1-2H3,(H,18,19). The summed E-state index contributed by atoms with van der Waals surface area (Å²) in [6.45, 7) is 4.11. The Balaban J connectivity index is 2.60. The molecule has 0 bridgehead atoms. The van der Waals surface area contributed by atoms with Crippen molar-refractivity contribution in [3.05, 3.63) is 0 Å². The zero-order valence-electron chi connectivity index (χ0n) is 11.3. The minimum absolute atomic E-state index is 0.0618. The number of carbonyl (C=O) groups is 1. The summed E-state index contributed by atoms with van der Waals surface area (Å²) in [4.78, 5) is 11.1. The van der Waals surface area contributed by atoms with Crippen LogP contribution in [0.3, 0.4) is 0 Å². The molecule has 6 heteroatoms. The van der Waals surface area contributed by atoms with Gasteiger partial charge in [-0.05, 0) is 30.6 Å². The van der Waals surface area contributed by atoms with Crippen molar-refractivity contribution in [1.82, 2.24) is 5.32 Å². The molecule has 0 aromatic rings. The van der Waals surface area contributed by atoms with Gasteiger partial charge in [0.25, 0.3) is 5.91 Å². The van der Waals surface area contributed by atoms with Gasteiger partial charge in [0, 0.05) is 6.54 Å². The zero-order chi connectivity index (χ0) is 14.7. The summed E-state index contributed by atoms with van der Waals surface area (Å²) >= 11 is 0. The first-order chi connectivity index (χ1) is 8.69. The fraction of sp³-hybridized carbons (Fsp3) is 0.923. The van der Waals surface area contributed by atoms with Crippen LogP contribution in [-0.4, -0.2) is 24.8 Å². The Hall–Kier alpha value is -0.810. The average molecular weight is 283 g/mol. The van der Waals surface area contributed by atoms with Crippen molar-refractivity contribution in [2.45, 2.75) is 58.3 Å². The fourth-order valence-corrected chi connectivity index (χ4v) is 2.93. The highest BCUT2D eigenvalue weighted by atomic mass is 19.3. The van der Waals surface area contributed by atoms with Crippen molar-refractivity contribution in [1.29, 1.82) is 0 Å². The van der Waals surface area contributed by atoms with Gasteiger partial charge < -0.3 is 5.32 Å². The van der Waals surface area contributed by atoms with E-state index >= 15 is 0 Å². The molecule has 1 amide bonds. The number of nitrogens with one attached hydrogen (secondary N) is 1. The third-order valence-electron chi connectivity index (χ3n) is 3.71. The Kier molecular flexibility index (Phi) is 5.21. The maximum atomic E-state index is 12.8. The molecule has 1 rings (SSSR count). The van der Waals surface area contributed by atoms with Crippen molar-refractivity contribution < 1.29 is 22.4 Å². The number of carbonyl (C=O) groups excluding carboxylic acids is 1. The molecule has 0 saturated heterocycles. The number of halogens is 4. The van der Waals surface area contributed by atoms with Crippen LogP contribution < -0.4 is 5.32 Å². The molecule has 19 heavy (non-hydrogen) atoms. The normalized spacial score (nSPS) is 19.2. The second kappa shape index (κ2) is 6.09. The highest BCUT2D eigenvalue weighted by molar-refractivity contribution is 5.83. The lowest BCUT2D eigenvalue weighted by molar-refractivity contribution is -0.169. The fourth-order valence-electron chi connectivity index (χ4n) is 2.93.